The van der Waals surface area contributed by atoms with Gasteiger partial charge in [0, 0.05) is 11.1 Å². The molecule has 28 heavy (non-hydrogen) atoms. The molecule has 0 bridgehead atoms. The molecule has 4 heteroatoms. The first-order valence-corrected chi connectivity index (χ1v) is 9.31. The van der Waals surface area contributed by atoms with Gasteiger partial charge in [-0.15, -0.1) is 0 Å². The number of anilines is 1. The molecule has 0 aliphatic rings. The predicted molar refractivity (Wildman–Crippen MR) is 111 cm³/mol. The van der Waals surface area contributed by atoms with Crippen LogP contribution in [0.2, 0.25) is 0 Å². The predicted octanol–water partition coefficient (Wildman–Crippen LogP) is 5.02. The summed E-state index contributed by atoms with van der Waals surface area (Å²) in [6, 6.07) is 23.6. The zero-order valence-corrected chi connectivity index (χ0v) is 16.0. The Kier molecular flexibility index (Phi) is 6.22. The van der Waals surface area contributed by atoms with Crippen molar-refractivity contribution >= 4 is 17.4 Å². The number of benzene rings is 3. The number of aryl methyl sites for hydroxylation is 1. The minimum absolute atomic E-state index is 0.135. The number of amides is 1. The van der Waals surface area contributed by atoms with Crippen molar-refractivity contribution in [1.82, 2.24) is 0 Å². The van der Waals surface area contributed by atoms with E-state index in [-0.39, 0.29) is 11.7 Å². The molecule has 0 saturated heterocycles. The van der Waals surface area contributed by atoms with E-state index in [0.29, 0.717) is 29.0 Å². The third kappa shape index (κ3) is 4.65. The molecule has 3 aromatic rings. The minimum Gasteiger partial charge on any atom is -0.481 e. The van der Waals surface area contributed by atoms with Crippen LogP contribution in [0.15, 0.2) is 78.9 Å². The van der Waals surface area contributed by atoms with Gasteiger partial charge in [-0.2, -0.15) is 0 Å². The van der Waals surface area contributed by atoms with E-state index in [4.69, 9.17) is 4.74 Å². The number of carbonyl (C=O) groups excluding carboxylic acids is 2. The second-order valence-electron chi connectivity index (χ2n) is 6.56. The summed E-state index contributed by atoms with van der Waals surface area (Å²) in [5.41, 5.74) is 2.63. The number of para-hydroxylation sites is 1. The highest BCUT2D eigenvalue weighted by molar-refractivity contribution is 6.14. The standard InChI is InChI=1S/C24H23NO3/c1-3-22(28-19-15-13-17(2)14-16-19)24(27)25-21-12-8-7-11-20(21)23(26)18-9-5-4-6-10-18/h4-16,22H,3H2,1-2H3,(H,25,27)/t22-/m0/s1. The van der Waals surface area contributed by atoms with Crippen LogP contribution in [0.5, 0.6) is 5.75 Å². The Bertz CT molecular complexity index is 949. The fourth-order valence-corrected chi connectivity index (χ4v) is 2.85. The highest BCUT2D eigenvalue weighted by Crippen LogP contribution is 2.21. The average Bonchev–Trinajstić information content (AvgIpc) is 2.73. The third-order valence-corrected chi connectivity index (χ3v) is 4.43. The zero-order chi connectivity index (χ0) is 19.9. The molecule has 0 spiro atoms. The van der Waals surface area contributed by atoms with Crippen molar-refractivity contribution in [2.45, 2.75) is 26.4 Å². The van der Waals surface area contributed by atoms with Gasteiger partial charge in [-0.1, -0.05) is 67.1 Å². The Morgan fingerprint density at radius 3 is 2.21 bits per heavy atom. The number of nitrogens with one attached hydrogen (secondary N) is 1. The number of hydrogen-bond acceptors (Lipinski definition) is 3. The third-order valence-electron chi connectivity index (χ3n) is 4.43. The van der Waals surface area contributed by atoms with E-state index in [1.54, 1.807) is 36.4 Å². The van der Waals surface area contributed by atoms with E-state index in [9.17, 15) is 9.59 Å². The number of rotatable bonds is 7. The molecular weight excluding hydrogens is 350 g/mol. The van der Waals surface area contributed by atoms with Crippen molar-refractivity contribution in [3.63, 3.8) is 0 Å². The summed E-state index contributed by atoms with van der Waals surface area (Å²) < 4.78 is 5.84. The molecule has 0 saturated carbocycles. The van der Waals surface area contributed by atoms with Gasteiger partial charge in [0.2, 0.25) is 0 Å². The largest absolute Gasteiger partial charge is 0.481 e. The van der Waals surface area contributed by atoms with Crippen molar-refractivity contribution in [2.24, 2.45) is 0 Å². The summed E-state index contributed by atoms with van der Waals surface area (Å²) in [6.45, 7) is 3.88. The van der Waals surface area contributed by atoms with Crippen LogP contribution in [-0.4, -0.2) is 17.8 Å². The summed E-state index contributed by atoms with van der Waals surface area (Å²) in [6.07, 6.45) is -0.142. The van der Waals surface area contributed by atoms with E-state index >= 15 is 0 Å². The lowest BCUT2D eigenvalue weighted by molar-refractivity contribution is -0.122. The van der Waals surface area contributed by atoms with Gasteiger partial charge >= 0.3 is 0 Å². The molecule has 4 nitrogen and oxygen atoms in total. The molecule has 0 fully saturated rings. The zero-order valence-electron chi connectivity index (χ0n) is 16.0. The van der Waals surface area contributed by atoms with Gasteiger partial charge in [0.15, 0.2) is 11.9 Å². The van der Waals surface area contributed by atoms with Crippen LogP contribution in [0.3, 0.4) is 0 Å². The Labute approximate surface area is 165 Å². The smallest absolute Gasteiger partial charge is 0.265 e. The maximum absolute atomic E-state index is 12.8. The monoisotopic (exact) mass is 373 g/mol. The SMILES string of the molecule is CC[C@H](Oc1ccc(C)cc1)C(=O)Nc1ccccc1C(=O)c1ccccc1. The van der Waals surface area contributed by atoms with Crippen molar-refractivity contribution in [2.75, 3.05) is 5.32 Å². The first-order valence-electron chi connectivity index (χ1n) is 9.31. The maximum Gasteiger partial charge on any atom is 0.265 e. The molecule has 3 aromatic carbocycles. The molecule has 0 unspecified atom stereocenters. The van der Waals surface area contributed by atoms with Gasteiger partial charge in [0.1, 0.15) is 5.75 Å². The Morgan fingerprint density at radius 2 is 1.54 bits per heavy atom. The van der Waals surface area contributed by atoms with Gasteiger partial charge in [-0.25, -0.2) is 0 Å². The summed E-state index contributed by atoms with van der Waals surface area (Å²) in [7, 11) is 0. The second kappa shape index (κ2) is 9.00. The molecule has 0 heterocycles. The number of ketones is 1. The van der Waals surface area contributed by atoms with Crippen LogP contribution in [0.4, 0.5) is 5.69 Å². The fourth-order valence-electron chi connectivity index (χ4n) is 2.85. The number of hydrogen-bond donors (Lipinski definition) is 1. The van der Waals surface area contributed by atoms with Crippen LogP contribution >= 0.6 is 0 Å². The Hall–Kier alpha value is -3.40. The molecule has 0 aromatic heterocycles. The normalized spacial score (nSPS) is 11.5. The Morgan fingerprint density at radius 1 is 0.893 bits per heavy atom. The molecule has 142 valence electrons. The van der Waals surface area contributed by atoms with Crippen molar-refractivity contribution in [1.29, 1.82) is 0 Å². The summed E-state index contributed by atoms with van der Waals surface area (Å²) in [4.78, 5) is 25.6. The van der Waals surface area contributed by atoms with Crippen LogP contribution in [-0.2, 0) is 4.79 Å². The van der Waals surface area contributed by atoms with E-state index in [2.05, 4.69) is 5.32 Å². The molecule has 1 N–H and O–H groups in total. The van der Waals surface area contributed by atoms with Gasteiger partial charge in [-0.3, -0.25) is 9.59 Å². The van der Waals surface area contributed by atoms with E-state index < -0.39 is 6.10 Å². The van der Waals surface area contributed by atoms with Crippen LogP contribution in [0.1, 0.15) is 34.8 Å². The fraction of sp³-hybridized carbons (Fsp3) is 0.167. The van der Waals surface area contributed by atoms with Crippen LogP contribution < -0.4 is 10.1 Å². The molecule has 0 aliphatic carbocycles. The number of carbonyl (C=O) groups is 2. The Balaban J connectivity index is 1.78. The molecular formula is C24H23NO3. The molecule has 1 atom stereocenters. The molecule has 1 amide bonds. The quantitative estimate of drug-likeness (QED) is 0.592. The van der Waals surface area contributed by atoms with E-state index in [1.807, 2.05) is 56.3 Å². The van der Waals surface area contributed by atoms with E-state index in [0.717, 1.165) is 5.56 Å². The van der Waals surface area contributed by atoms with Gasteiger partial charge in [0.05, 0.1) is 5.69 Å². The highest BCUT2D eigenvalue weighted by Gasteiger charge is 2.21. The molecule has 3 rings (SSSR count). The van der Waals surface area contributed by atoms with Gasteiger partial charge < -0.3 is 10.1 Å². The highest BCUT2D eigenvalue weighted by atomic mass is 16.5. The molecule has 0 aliphatic heterocycles. The topological polar surface area (TPSA) is 55.4 Å². The lowest BCUT2D eigenvalue weighted by Crippen LogP contribution is -2.32. The van der Waals surface area contributed by atoms with Crippen molar-refractivity contribution in [3.8, 4) is 5.75 Å². The average molecular weight is 373 g/mol. The first-order chi connectivity index (χ1) is 13.6. The van der Waals surface area contributed by atoms with Crippen molar-refractivity contribution < 1.29 is 14.3 Å². The van der Waals surface area contributed by atoms with Crippen LogP contribution in [0, 0.1) is 6.92 Å². The van der Waals surface area contributed by atoms with Crippen molar-refractivity contribution in [3.05, 3.63) is 95.6 Å². The van der Waals surface area contributed by atoms with Gasteiger partial charge in [-0.05, 0) is 37.6 Å². The van der Waals surface area contributed by atoms with Crippen LogP contribution in [0.25, 0.3) is 0 Å². The first kappa shape index (κ1) is 19.4. The van der Waals surface area contributed by atoms with Gasteiger partial charge in [0.25, 0.3) is 5.91 Å². The summed E-state index contributed by atoms with van der Waals surface area (Å²) in [5, 5.41) is 2.86. The second-order valence-corrected chi connectivity index (χ2v) is 6.56. The maximum atomic E-state index is 12.8. The van der Waals surface area contributed by atoms with E-state index in [1.165, 1.54) is 0 Å². The summed E-state index contributed by atoms with van der Waals surface area (Å²) in [5.74, 6) is 0.224. The molecule has 0 radical (unpaired) electrons. The lowest BCUT2D eigenvalue weighted by atomic mass is 10.0. The lowest BCUT2D eigenvalue weighted by Gasteiger charge is -2.18. The minimum atomic E-state index is -0.650. The number of ether oxygens (including phenoxy) is 1. The summed E-state index contributed by atoms with van der Waals surface area (Å²) >= 11 is 0.